The van der Waals surface area contributed by atoms with Gasteiger partial charge in [-0.3, -0.25) is 0 Å². The van der Waals surface area contributed by atoms with Crippen LogP contribution in [0.15, 0.2) is 23.1 Å². The monoisotopic (exact) mass is 282 g/mol. The lowest BCUT2D eigenvalue weighted by Gasteiger charge is -2.18. The smallest absolute Gasteiger partial charge is 0.243 e. The van der Waals surface area contributed by atoms with Crippen molar-refractivity contribution in [1.82, 2.24) is 4.31 Å². The zero-order valence-corrected chi connectivity index (χ0v) is 12.2. The SMILES string of the molecule is CCOCCN(C)S(=O)(=O)c1cc(C#N)ccc1C. The molecule has 0 fully saturated rings. The van der Waals surface area contributed by atoms with E-state index in [2.05, 4.69) is 0 Å². The predicted molar refractivity (Wildman–Crippen MR) is 72.2 cm³/mol. The fourth-order valence-electron chi connectivity index (χ4n) is 1.57. The summed E-state index contributed by atoms with van der Waals surface area (Å²) in [5.74, 6) is 0. The average Bonchev–Trinajstić information content (AvgIpc) is 2.39. The van der Waals surface area contributed by atoms with Crippen molar-refractivity contribution in [2.75, 3.05) is 26.8 Å². The van der Waals surface area contributed by atoms with Crippen LogP contribution in [0, 0.1) is 18.3 Å². The van der Waals surface area contributed by atoms with Crippen molar-refractivity contribution in [1.29, 1.82) is 5.26 Å². The van der Waals surface area contributed by atoms with Crippen molar-refractivity contribution >= 4 is 10.0 Å². The molecule has 0 amide bonds. The Morgan fingerprint density at radius 3 is 2.68 bits per heavy atom. The highest BCUT2D eigenvalue weighted by molar-refractivity contribution is 7.89. The van der Waals surface area contributed by atoms with Crippen LogP contribution in [-0.4, -0.2) is 39.5 Å². The van der Waals surface area contributed by atoms with Gasteiger partial charge in [0.05, 0.1) is 23.1 Å². The number of nitriles is 1. The second-order valence-corrected chi connectivity index (χ2v) is 6.13. The first kappa shape index (κ1) is 15.6. The summed E-state index contributed by atoms with van der Waals surface area (Å²) in [5, 5.41) is 8.85. The highest BCUT2D eigenvalue weighted by Gasteiger charge is 2.22. The molecule has 1 rings (SSSR count). The van der Waals surface area contributed by atoms with Gasteiger partial charge in [-0.1, -0.05) is 6.07 Å². The molecule has 0 spiro atoms. The molecule has 0 aliphatic heterocycles. The normalized spacial score (nSPS) is 11.5. The van der Waals surface area contributed by atoms with Gasteiger partial charge in [-0.25, -0.2) is 8.42 Å². The lowest BCUT2D eigenvalue weighted by molar-refractivity contribution is 0.138. The second-order valence-electron chi connectivity index (χ2n) is 4.12. The number of likely N-dealkylation sites (N-methyl/N-ethyl adjacent to an activating group) is 1. The number of ether oxygens (including phenoxy) is 1. The van der Waals surface area contributed by atoms with Crippen LogP contribution < -0.4 is 0 Å². The molecule has 0 aromatic heterocycles. The van der Waals surface area contributed by atoms with Gasteiger partial charge in [-0.15, -0.1) is 0 Å². The summed E-state index contributed by atoms with van der Waals surface area (Å²) in [7, 11) is -2.07. The second kappa shape index (κ2) is 6.66. The number of sulfonamides is 1. The van der Waals surface area contributed by atoms with E-state index in [4.69, 9.17) is 10.00 Å². The van der Waals surface area contributed by atoms with Crippen molar-refractivity contribution in [3.63, 3.8) is 0 Å². The van der Waals surface area contributed by atoms with E-state index in [1.165, 1.54) is 17.4 Å². The lowest BCUT2D eigenvalue weighted by Crippen LogP contribution is -2.30. The van der Waals surface area contributed by atoms with Gasteiger partial charge in [0.15, 0.2) is 0 Å². The van der Waals surface area contributed by atoms with Crippen molar-refractivity contribution in [2.24, 2.45) is 0 Å². The van der Waals surface area contributed by atoms with Crippen LogP contribution in [0.3, 0.4) is 0 Å². The molecule has 1 aromatic rings. The molecule has 6 heteroatoms. The molecule has 5 nitrogen and oxygen atoms in total. The minimum atomic E-state index is -3.58. The number of rotatable bonds is 6. The van der Waals surface area contributed by atoms with Crippen molar-refractivity contribution in [3.05, 3.63) is 29.3 Å². The van der Waals surface area contributed by atoms with Gasteiger partial charge < -0.3 is 4.74 Å². The standard InChI is InChI=1S/C13H18N2O3S/c1-4-18-8-7-15(3)19(16,17)13-9-12(10-14)6-5-11(13)2/h5-6,9H,4,7-8H2,1-3H3. The third-order valence-electron chi connectivity index (χ3n) is 2.76. The molecule has 0 heterocycles. The van der Waals surface area contributed by atoms with Crippen LogP contribution in [-0.2, 0) is 14.8 Å². The van der Waals surface area contributed by atoms with E-state index < -0.39 is 10.0 Å². The number of aryl methyl sites for hydroxylation is 1. The highest BCUT2D eigenvalue weighted by Crippen LogP contribution is 2.20. The molecule has 0 N–H and O–H groups in total. The Hall–Kier alpha value is -1.42. The van der Waals surface area contributed by atoms with Gasteiger partial charge in [-0.05, 0) is 31.5 Å². The van der Waals surface area contributed by atoms with Gasteiger partial charge in [0, 0.05) is 20.2 Å². The Morgan fingerprint density at radius 1 is 1.42 bits per heavy atom. The summed E-state index contributed by atoms with van der Waals surface area (Å²) in [5.41, 5.74) is 0.963. The average molecular weight is 282 g/mol. The van der Waals surface area contributed by atoms with Gasteiger partial charge in [0.2, 0.25) is 10.0 Å². The zero-order chi connectivity index (χ0) is 14.5. The molecule has 1 aromatic carbocycles. The molecule has 0 bridgehead atoms. The summed E-state index contributed by atoms with van der Waals surface area (Å²) in [6, 6.07) is 6.60. The van der Waals surface area contributed by atoms with Crippen LogP contribution in [0.5, 0.6) is 0 Å². The maximum absolute atomic E-state index is 12.4. The largest absolute Gasteiger partial charge is 0.380 e. The molecule has 0 radical (unpaired) electrons. The number of benzene rings is 1. The predicted octanol–water partition coefficient (Wildman–Crippen LogP) is 1.52. The van der Waals surface area contributed by atoms with Crippen LogP contribution in [0.2, 0.25) is 0 Å². The summed E-state index contributed by atoms with van der Waals surface area (Å²) < 4.78 is 31.1. The van der Waals surface area contributed by atoms with Crippen LogP contribution in [0.1, 0.15) is 18.1 Å². The Bertz CT molecular complexity index is 576. The first-order chi connectivity index (χ1) is 8.93. The summed E-state index contributed by atoms with van der Waals surface area (Å²) in [4.78, 5) is 0.172. The van der Waals surface area contributed by atoms with Crippen LogP contribution >= 0.6 is 0 Å². The summed E-state index contributed by atoms with van der Waals surface area (Å²) in [6.45, 7) is 4.76. The van der Waals surface area contributed by atoms with E-state index >= 15 is 0 Å². The maximum Gasteiger partial charge on any atom is 0.243 e. The van der Waals surface area contributed by atoms with E-state index in [9.17, 15) is 8.42 Å². The third kappa shape index (κ3) is 3.77. The Balaban J connectivity index is 3.03. The number of nitrogens with zero attached hydrogens (tertiary/aromatic N) is 2. The first-order valence-corrected chi connectivity index (χ1v) is 7.42. The molecule has 0 saturated carbocycles. The van der Waals surface area contributed by atoms with Crippen LogP contribution in [0.25, 0.3) is 0 Å². The lowest BCUT2D eigenvalue weighted by atomic mass is 10.2. The minimum Gasteiger partial charge on any atom is -0.380 e. The van der Waals surface area contributed by atoms with Crippen LogP contribution in [0.4, 0.5) is 0 Å². The molecular formula is C13H18N2O3S. The maximum atomic E-state index is 12.4. The Kier molecular flexibility index (Phi) is 5.48. The summed E-state index contributed by atoms with van der Waals surface area (Å²) in [6.07, 6.45) is 0. The quantitative estimate of drug-likeness (QED) is 0.742. The van der Waals surface area contributed by atoms with Gasteiger partial charge in [0.1, 0.15) is 0 Å². The fraction of sp³-hybridized carbons (Fsp3) is 0.462. The van der Waals surface area contributed by atoms with Crippen molar-refractivity contribution in [2.45, 2.75) is 18.7 Å². The highest BCUT2D eigenvalue weighted by atomic mass is 32.2. The topological polar surface area (TPSA) is 70.4 Å². The molecule has 19 heavy (non-hydrogen) atoms. The van der Waals surface area contributed by atoms with E-state index in [0.717, 1.165) is 0 Å². The van der Waals surface area contributed by atoms with Gasteiger partial charge >= 0.3 is 0 Å². The molecule has 0 saturated heterocycles. The van der Waals surface area contributed by atoms with Gasteiger partial charge in [0.25, 0.3) is 0 Å². The van der Waals surface area contributed by atoms with E-state index in [1.807, 2.05) is 13.0 Å². The summed E-state index contributed by atoms with van der Waals surface area (Å²) >= 11 is 0. The first-order valence-electron chi connectivity index (χ1n) is 5.98. The van der Waals surface area contributed by atoms with Gasteiger partial charge in [-0.2, -0.15) is 9.57 Å². The Labute approximate surface area is 114 Å². The molecule has 0 unspecified atom stereocenters. The number of hydrogen-bond acceptors (Lipinski definition) is 4. The number of hydrogen-bond donors (Lipinski definition) is 0. The molecule has 0 aliphatic carbocycles. The molecule has 104 valence electrons. The fourth-order valence-corrected chi connectivity index (χ4v) is 2.97. The molecule has 0 aliphatic rings. The van der Waals surface area contributed by atoms with E-state index in [-0.39, 0.29) is 11.4 Å². The van der Waals surface area contributed by atoms with Crippen molar-refractivity contribution in [3.8, 4) is 6.07 Å². The molecular weight excluding hydrogens is 264 g/mol. The Morgan fingerprint density at radius 2 is 2.11 bits per heavy atom. The third-order valence-corrected chi connectivity index (χ3v) is 4.76. The minimum absolute atomic E-state index is 0.172. The van der Waals surface area contributed by atoms with Crippen molar-refractivity contribution < 1.29 is 13.2 Å². The van der Waals surface area contributed by atoms with E-state index in [1.54, 1.807) is 19.1 Å². The van der Waals surface area contributed by atoms with E-state index in [0.29, 0.717) is 24.3 Å². The molecule has 0 atom stereocenters. The zero-order valence-electron chi connectivity index (χ0n) is 11.4.